The summed E-state index contributed by atoms with van der Waals surface area (Å²) in [6.07, 6.45) is -14.9. The van der Waals surface area contributed by atoms with Crippen molar-refractivity contribution in [3.63, 3.8) is 0 Å². The number of hydrogen-bond acceptors (Lipinski definition) is 1. The van der Waals surface area contributed by atoms with E-state index >= 15 is 0 Å². The second kappa shape index (κ2) is 8.88. The highest BCUT2D eigenvalue weighted by atomic mass is 32.2. The molecule has 0 N–H and O–H groups in total. The predicted molar refractivity (Wildman–Crippen MR) is 77.2 cm³/mol. The fourth-order valence-electron chi connectivity index (χ4n) is 2.01. The summed E-state index contributed by atoms with van der Waals surface area (Å²) in [5.74, 6) is -44.5. The highest BCUT2D eigenvalue weighted by molar-refractivity contribution is 8.00. The third-order valence-corrected chi connectivity index (χ3v) is 5.50. The molecule has 0 radical (unpaired) electrons. The summed E-state index contributed by atoms with van der Waals surface area (Å²) >= 11 is -0.129. The van der Waals surface area contributed by atoms with Crippen molar-refractivity contribution in [3.8, 4) is 0 Å². The van der Waals surface area contributed by atoms with Crippen LogP contribution < -0.4 is 0 Å². The van der Waals surface area contributed by atoms with Crippen LogP contribution in [0.4, 0.5) is 70.2 Å². The van der Waals surface area contributed by atoms with E-state index in [0.29, 0.717) is 0 Å². The number of rotatable bonds is 11. The van der Waals surface area contributed by atoms with E-state index in [2.05, 4.69) is 0 Å². The molecule has 0 aliphatic heterocycles. The van der Waals surface area contributed by atoms with Gasteiger partial charge in [0.05, 0.1) is 0 Å². The maximum Gasteiger partial charge on any atom is 0.397 e. The van der Waals surface area contributed by atoms with E-state index in [0.717, 1.165) is 13.8 Å². The molecule has 0 nitrogen and oxygen atoms in total. The van der Waals surface area contributed by atoms with E-state index in [-0.39, 0.29) is 11.8 Å². The van der Waals surface area contributed by atoms with Crippen LogP contribution in [0.25, 0.3) is 0 Å². The van der Waals surface area contributed by atoms with Crippen LogP contribution in [0.5, 0.6) is 0 Å². The molecule has 31 heavy (non-hydrogen) atoms. The summed E-state index contributed by atoms with van der Waals surface area (Å²) in [7, 11) is 0. The molecule has 0 aromatic carbocycles. The third kappa shape index (κ3) is 5.42. The van der Waals surface area contributed by atoms with E-state index in [4.69, 9.17) is 0 Å². The zero-order valence-electron chi connectivity index (χ0n) is 15.2. The molecule has 0 rings (SSSR count). The van der Waals surface area contributed by atoms with Gasteiger partial charge < -0.3 is 0 Å². The Morgan fingerprint density at radius 2 is 1.03 bits per heavy atom. The first-order valence-corrected chi connectivity index (χ1v) is 8.90. The van der Waals surface area contributed by atoms with Gasteiger partial charge >= 0.3 is 42.2 Å². The maximum absolute atomic E-state index is 13.9. The molecule has 2 unspecified atom stereocenters. The summed E-state index contributed by atoms with van der Waals surface area (Å²) < 4.78 is 210. The molecule has 0 aromatic heterocycles. The Hall–Kier alpha value is -0.770. The topological polar surface area (TPSA) is 0 Å². The third-order valence-electron chi connectivity index (χ3n) is 4.17. The molecule has 0 saturated heterocycles. The number of alkyl halides is 16. The fraction of sp³-hybridized carbons (Fsp3) is 1.00. The van der Waals surface area contributed by atoms with Gasteiger partial charge in [-0.1, -0.05) is 6.92 Å². The van der Waals surface area contributed by atoms with Gasteiger partial charge in [0.15, 0.2) is 5.00 Å². The first-order valence-electron chi connectivity index (χ1n) is 7.91. The molecule has 2 atom stereocenters. The minimum Gasteiger partial charge on any atom is -0.232 e. The normalized spacial score (nSPS) is 18.3. The van der Waals surface area contributed by atoms with Crippen LogP contribution in [0.15, 0.2) is 0 Å². The summed E-state index contributed by atoms with van der Waals surface area (Å²) in [6.45, 7) is 1.89. The molecule has 0 aliphatic rings. The highest BCUT2D eigenvalue weighted by Gasteiger charge is 2.89. The molecule has 0 aliphatic carbocycles. The van der Waals surface area contributed by atoms with Crippen molar-refractivity contribution in [2.24, 2.45) is 5.92 Å². The second-order valence-electron chi connectivity index (χ2n) is 6.46. The van der Waals surface area contributed by atoms with E-state index in [1.807, 2.05) is 0 Å². The summed E-state index contributed by atoms with van der Waals surface area (Å²) in [5, 5.41) is -2.37. The Labute approximate surface area is 168 Å². The Morgan fingerprint density at radius 1 is 0.645 bits per heavy atom. The first-order chi connectivity index (χ1) is 13.3. The SMILES string of the molecule is CCC(C)(F)SCCC(C(F)(F)F)C(F)(F)C(F)(F)C(F)(F)C(F)(F)C(F)(F)C(F)F. The standard InChI is InChI=1S/C14H14F16S/c1-3-8(2,17)31-5-4-6(11(22,23)24)9(18,19)12(25,26)14(29,30)13(27,28)10(20,21)7(15)16/h6-7H,3-5H2,1-2H3. The fourth-order valence-corrected chi connectivity index (χ4v) is 3.00. The lowest BCUT2D eigenvalue weighted by Crippen LogP contribution is -2.70. The van der Waals surface area contributed by atoms with Crippen LogP contribution in [-0.4, -0.2) is 53.0 Å². The lowest BCUT2D eigenvalue weighted by Gasteiger charge is -2.41. The number of thioether (sulfide) groups is 1. The molecule has 0 fully saturated rings. The van der Waals surface area contributed by atoms with Crippen LogP contribution in [-0.2, 0) is 0 Å². The van der Waals surface area contributed by atoms with Crippen LogP contribution in [0.1, 0.15) is 26.7 Å². The maximum atomic E-state index is 13.9. The molecule has 17 heteroatoms. The van der Waals surface area contributed by atoms with Gasteiger partial charge in [-0.3, -0.25) is 0 Å². The van der Waals surface area contributed by atoms with Gasteiger partial charge in [0, 0.05) is 0 Å². The molecule has 0 bridgehead atoms. The van der Waals surface area contributed by atoms with Crippen molar-refractivity contribution in [1.29, 1.82) is 0 Å². The molecular formula is C14H14F16S. The van der Waals surface area contributed by atoms with Gasteiger partial charge in [-0.2, -0.15) is 57.1 Å². The van der Waals surface area contributed by atoms with Gasteiger partial charge in [-0.15, -0.1) is 11.8 Å². The Morgan fingerprint density at radius 3 is 1.35 bits per heavy atom. The van der Waals surface area contributed by atoms with Crippen molar-refractivity contribution in [3.05, 3.63) is 0 Å². The van der Waals surface area contributed by atoms with Crippen LogP contribution in [0.3, 0.4) is 0 Å². The van der Waals surface area contributed by atoms with Gasteiger partial charge in [0.1, 0.15) is 5.92 Å². The lowest BCUT2D eigenvalue weighted by molar-refractivity contribution is -0.426. The average Bonchev–Trinajstić information content (AvgIpc) is 2.56. The largest absolute Gasteiger partial charge is 0.397 e. The molecule has 188 valence electrons. The Balaban J connectivity index is 6.29. The molecule has 0 saturated carbocycles. The summed E-state index contributed by atoms with van der Waals surface area (Å²) in [5.41, 5.74) is 0. The molecule has 0 aromatic rings. The quantitative estimate of drug-likeness (QED) is 0.251. The molecule has 0 spiro atoms. The zero-order valence-corrected chi connectivity index (χ0v) is 16.0. The van der Waals surface area contributed by atoms with Crippen molar-refractivity contribution in [2.45, 2.75) is 73.9 Å². The average molecular weight is 518 g/mol. The second-order valence-corrected chi connectivity index (χ2v) is 8.00. The van der Waals surface area contributed by atoms with Crippen molar-refractivity contribution in [1.82, 2.24) is 0 Å². The summed E-state index contributed by atoms with van der Waals surface area (Å²) in [6, 6.07) is 0. The number of halogens is 16. The van der Waals surface area contributed by atoms with E-state index < -0.39 is 71.7 Å². The smallest absolute Gasteiger partial charge is 0.232 e. The Bertz CT molecular complexity index is 594. The highest BCUT2D eigenvalue weighted by Crippen LogP contribution is 2.61. The van der Waals surface area contributed by atoms with E-state index in [1.54, 1.807) is 0 Å². The van der Waals surface area contributed by atoms with E-state index in [9.17, 15) is 70.2 Å². The van der Waals surface area contributed by atoms with Gasteiger partial charge in [0.2, 0.25) is 0 Å². The van der Waals surface area contributed by atoms with Crippen molar-refractivity contribution < 1.29 is 70.2 Å². The van der Waals surface area contributed by atoms with Crippen molar-refractivity contribution in [2.75, 3.05) is 5.75 Å². The Kier molecular flexibility index (Phi) is 8.66. The number of hydrogen-bond donors (Lipinski definition) is 0. The van der Waals surface area contributed by atoms with Gasteiger partial charge in [0.25, 0.3) is 0 Å². The monoisotopic (exact) mass is 518 g/mol. The molecule has 0 heterocycles. The lowest BCUT2D eigenvalue weighted by atomic mass is 9.86. The predicted octanol–water partition coefficient (Wildman–Crippen LogP) is 7.83. The zero-order chi connectivity index (χ0) is 25.5. The van der Waals surface area contributed by atoms with E-state index in [1.165, 1.54) is 0 Å². The first kappa shape index (κ1) is 30.2. The molecule has 0 amide bonds. The van der Waals surface area contributed by atoms with Crippen LogP contribution >= 0.6 is 11.8 Å². The van der Waals surface area contributed by atoms with Crippen LogP contribution in [0, 0.1) is 5.92 Å². The van der Waals surface area contributed by atoms with Gasteiger partial charge in [-0.05, 0) is 25.5 Å². The summed E-state index contributed by atoms with van der Waals surface area (Å²) in [4.78, 5) is 0. The minimum atomic E-state index is -8.06. The molecular weight excluding hydrogens is 504 g/mol. The van der Waals surface area contributed by atoms with Gasteiger partial charge in [-0.25, -0.2) is 13.2 Å². The van der Waals surface area contributed by atoms with Crippen LogP contribution in [0.2, 0.25) is 0 Å². The minimum absolute atomic E-state index is 0.129. The van der Waals surface area contributed by atoms with Crippen molar-refractivity contribution >= 4 is 11.8 Å².